The van der Waals surface area contributed by atoms with Crippen LogP contribution in [0.2, 0.25) is 0 Å². The minimum absolute atomic E-state index is 0.0877. The fraction of sp³-hybridized carbons (Fsp3) is 0.562. The van der Waals surface area contributed by atoms with E-state index in [9.17, 15) is 9.59 Å². The molecule has 0 heterocycles. The highest BCUT2D eigenvalue weighted by Gasteiger charge is 2.43. The lowest BCUT2D eigenvalue weighted by Crippen LogP contribution is -2.27. The first kappa shape index (κ1) is 28.5. The summed E-state index contributed by atoms with van der Waals surface area (Å²) in [5.41, 5.74) is 2.84. The summed E-state index contributed by atoms with van der Waals surface area (Å²) in [6.07, 6.45) is 9.29. The van der Waals surface area contributed by atoms with Crippen molar-refractivity contribution >= 4 is 23.0 Å². The van der Waals surface area contributed by atoms with Crippen LogP contribution in [0, 0.1) is 23.7 Å². The first-order valence-corrected chi connectivity index (χ1v) is 14.6. The normalized spacial score (nSPS) is 22.7. The molecule has 0 N–H and O–H groups in total. The van der Waals surface area contributed by atoms with Gasteiger partial charge in [-0.2, -0.15) is 0 Å². The fourth-order valence-electron chi connectivity index (χ4n) is 6.65. The summed E-state index contributed by atoms with van der Waals surface area (Å²) in [5, 5.41) is 0. The highest BCUT2D eigenvalue weighted by Crippen LogP contribution is 2.51. The number of ether oxygens (including phenoxy) is 3. The summed E-state index contributed by atoms with van der Waals surface area (Å²) in [7, 11) is 0. The van der Waals surface area contributed by atoms with Gasteiger partial charge >= 0.3 is 11.4 Å². The van der Waals surface area contributed by atoms with E-state index in [0.717, 1.165) is 62.7 Å². The van der Waals surface area contributed by atoms with E-state index in [-0.39, 0.29) is 25.3 Å². The van der Waals surface area contributed by atoms with Gasteiger partial charge in [0.1, 0.15) is 18.5 Å². The largest absolute Gasteiger partial charge is 0.482 e. The van der Waals surface area contributed by atoms with Gasteiger partial charge in [-0.05, 0) is 91.4 Å². The average Bonchev–Trinajstić information content (AvgIpc) is 3.22. The van der Waals surface area contributed by atoms with Crippen LogP contribution in [0.5, 0.6) is 5.75 Å². The number of carbonyl (C=O) groups is 2. The molecule has 206 valence electrons. The first-order valence-electron chi connectivity index (χ1n) is 14.2. The van der Waals surface area contributed by atoms with E-state index < -0.39 is 5.43 Å². The Morgan fingerprint density at radius 1 is 1.03 bits per heavy atom. The summed E-state index contributed by atoms with van der Waals surface area (Å²) in [4.78, 5) is 23.8. The van der Waals surface area contributed by atoms with Crippen molar-refractivity contribution in [2.75, 3.05) is 6.61 Å². The molecule has 4 rings (SSSR count). The van der Waals surface area contributed by atoms with Gasteiger partial charge in [0.25, 0.3) is 0 Å². The van der Waals surface area contributed by atoms with Gasteiger partial charge < -0.3 is 14.2 Å². The molecule has 0 spiro atoms. The molecule has 1 saturated carbocycles. The van der Waals surface area contributed by atoms with Crippen molar-refractivity contribution in [2.45, 2.75) is 84.3 Å². The second-order valence-corrected chi connectivity index (χ2v) is 11.4. The quantitative estimate of drug-likeness (QED) is 0.147. The van der Waals surface area contributed by atoms with Crippen molar-refractivity contribution in [1.82, 2.24) is 0 Å². The number of esters is 1. The summed E-state index contributed by atoms with van der Waals surface area (Å²) in [6.45, 7) is 4.71. The molecule has 0 amide bonds. The van der Waals surface area contributed by atoms with Crippen LogP contribution < -0.4 is 4.74 Å². The monoisotopic (exact) mass is 540 g/mol. The molecule has 2 aliphatic carbocycles. The second kappa shape index (κ2) is 14.0. The van der Waals surface area contributed by atoms with Gasteiger partial charge in [0, 0.05) is 11.6 Å². The smallest absolute Gasteiger partial charge is 0.404 e. The highest BCUT2D eigenvalue weighted by atomic mass is 35.5. The number of hydrogen-bond acceptors (Lipinski definition) is 5. The molecule has 38 heavy (non-hydrogen) atoms. The van der Waals surface area contributed by atoms with Crippen LogP contribution in [0.15, 0.2) is 48.5 Å². The third-order valence-corrected chi connectivity index (χ3v) is 8.60. The summed E-state index contributed by atoms with van der Waals surface area (Å²) in [5.74, 6) is 2.89. The minimum atomic E-state index is -0.688. The van der Waals surface area contributed by atoms with Crippen molar-refractivity contribution in [1.29, 1.82) is 0 Å². The number of hydrogen-bond donors (Lipinski definition) is 0. The van der Waals surface area contributed by atoms with Crippen molar-refractivity contribution < 1.29 is 23.8 Å². The zero-order chi connectivity index (χ0) is 26.9. The third kappa shape index (κ3) is 7.75. The van der Waals surface area contributed by atoms with Crippen molar-refractivity contribution in [3.8, 4) is 5.75 Å². The van der Waals surface area contributed by atoms with Crippen LogP contribution in [0.25, 0.3) is 0 Å². The number of fused-ring (bicyclic) bond motifs is 2. The number of unbranched alkanes of at least 4 members (excludes halogenated alkanes) is 2. The topological polar surface area (TPSA) is 61.8 Å². The van der Waals surface area contributed by atoms with Crippen LogP contribution in [-0.4, -0.2) is 24.1 Å². The summed E-state index contributed by atoms with van der Waals surface area (Å²) >= 11 is 5.58. The Balaban J connectivity index is 1.33. The standard InChI is InChI=1S/C32H41ClO5/c1-3-4-6-13-26(38-32(33)35)15-16-27-22(2)17-25-19-29-24(18-28(25)27)12-9-14-30(29)36-21-31(34)37-20-23-10-7-5-8-11-23/h5,7-12,14,22,25-28H,3-4,6,13,15-21H2,1-2H3/t22-,25-,26+,27+,28+/m1/s1. The molecule has 0 radical (unpaired) electrons. The van der Waals surface area contributed by atoms with Gasteiger partial charge in [0.15, 0.2) is 6.61 Å². The molecule has 0 aromatic heterocycles. The zero-order valence-electron chi connectivity index (χ0n) is 22.7. The maximum absolute atomic E-state index is 12.3. The Morgan fingerprint density at radius 3 is 2.61 bits per heavy atom. The molecule has 6 heteroatoms. The summed E-state index contributed by atoms with van der Waals surface area (Å²) in [6, 6.07) is 15.9. The molecule has 2 aromatic rings. The van der Waals surface area contributed by atoms with Crippen LogP contribution in [0.1, 0.15) is 75.5 Å². The van der Waals surface area contributed by atoms with Gasteiger partial charge in [0.2, 0.25) is 0 Å². The van der Waals surface area contributed by atoms with Crippen LogP contribution in [-0.2, 0) is 33.7 Å². The molecule has 1 fully saturated rings. The van der Waals surface area contributed by atoms with Gasteiger partial charge in [-0.15, -0.1) is 0 Å². The van der Waals surface area contributed by atoms with Crippen molar-refractivity contribution in [2.24, 2.45) is 23.7 Å². The molecule has 2 aromatic carbocycles. The van der Waals surface area contributed by atoms with E-state index in [1.165, 1.54) is 17.5 Å². The fourth-order valence-corrected chi connectivity index (χ4v) is 6.77. The SMILES string of the molecule is CCCCC[C@@H](CC[C@@H]1[C@H]2Cc3cccc(OCC(=O)OCc4ccccc4)c3C[C@H]2C[C@H]1C)OC(=O)Cl. The number of benzene rings is 2. The van der Waals surface area contributed by atoms with Crippen LogP contribution in [0.4, 0.5) is 4.79 Å². The molecule has 0 bridgehead atoms. The molecule has 5 atom stereocenters. The Labute approximate surface area is 232 Å². The second-order valence-electron chi connectivity index (χ2n) is 11.1. The van der Waals surface area contributed by atoms with Crippen LogP contribution >= 0.6 is 11.6 Å². The maximum atomic E-state index is 12.3. The Bertz CT molecular complexity index is 1060. The van der Waals surface area contributed by atoms with E-state index in [2.05, 4.69) is 19.9 Å². The molecule has 0 saturated heterocycles. The molecule has 0 aliphatic heterocycles. The van der Waals surface area contributed by atoms with E-state index in [0.29, 0.717) is 23.7 Å². The number of rotatable bonds is 13. The van der Waals surface area contributed by atoms with E-state index in [1.807, 2.05) is 42.5 Å². The predicted molar refractivity (Wildman–Crippen MR) is 149 cm³/mol. The van der Waals surface area contributed by atoms with E-state index in [1.54, 1.807) is 0 Å². The number of carbonyl (C=O) groups excluding carboxylic acids is 2. The van der Waals surface area contributed by atoms with Gasteiger partial charge in [0.05, 0.1) is 0 Å². The van der Waals surface area contributed by atoms with Gasteiger partial charge in [-0.3, -0.25) is 0 Å². The van der Waals surface area contributed by atoms with Gasteiger partial charge in [-0.1, -0.05) is 69.2 Å². The Hall–Kier alpha value is -2.53. The first-order chi connectivity index (χ1) is 18.4. The lowest BCUT2D eigenvalue weighted by Gasteiger charge is -2.33. The molecular formula is C32H41ClO5. The lowest BCUT2D eigenvalue weighted by molar-refractivity contribution is -0.147. The third-order valence-electron chi connectivity index (χ3n) is 8.51. The molecule has 5 nitrogen and oxygen atoms in total. The van der Waals surface area contributed by atoms with E-state index in [4.69, 9.17) is 25.8 Å². The van der Waals surface area contributed by atoms with Gasteiger partial charge in [-0.25, -0.2) is 9.59 Å². The average molecular weight is 541 g/mol. The van der Waals surface area contributed by atoms with Crippen LogP contribution in [0.3, 0.4) is 0 Å². The zero-order valence-corrected chi connectivity index (χ0v) is 23.5. The Kier molecular flexibility index (Phi) is 10.5. The maximum Gasteiger partial charge on any atom is 0.404 e. The van der Waals surface area contributed by atoms with E-state index >= 15 is 0 Å². The van der Waals surface area contributed by atoms with Crippen molar-refractivity contribution in [3.05, 3.63) is 65.2 Å². The molecular weight excluding hydrogens is 500 g/mol. The molecule has 0 unspecified atom stereocenters. The lowest BCUT2D eigenvalue weighted by atomic mass is 9.73. The minimum Gasteiger partial charge on any atom is -0.482 e. The Morgan fingerprint density at radius 2 is 1.84 bits per heavy atom. The summed E-state index contributed by atoms with van der Waals surface area (Å²) < 4.78 is 16.8. The molecule has 2 aliphatic rings. The number of halogens is 1. The van der Waals surface area contributed by atoms with Crippen molar-refractivity contribution in [3.63, 3.8) is 0 Å². The predicted octanol–water partition coefficient (Wildman–Crippen LogP) is 7.90. The highest BCUT2D eigenvalue weighted by molar-refractivity contribution is 6.61.